The maximum absolute atomic E-state index is 6.03. The lowest BCUT2D eigenvalue weighted by Gasteiger charge is -2.28. The van der Waals surface area contributed by atoms with Gasteiger partial charge in [0.15, 0.2) is 5.65 Å². The Morgan fingerprint density at radius 3 is 2.57 bits per heavy atom. The van der Waals surface area contributed by atoms with Crippen molar-refractivity contribution in [2.75, 3.05) is 36.9 Å². The molecular weight excluding hydrogens is 292 g/mol. The smallest absolute Gasteiger partial charge is 0.163 e. The Bertz CT molecular complexity index is 836. The first kappa shape index (κ1) is 14.0. The number of nitrogens with two attached hydrogens (primary N) is 1. The van der Waals surface area contributed by atoms with Crippen molar-refractivity contribution < 1.29 is 4.74 Å². The number of morpholine rings is 1. The zero-order chi connectivity index (χ0) is 15.8. The maximum atomic E-state index is 6.03. The summed E-state index contributed by atoms with van der Waals surface area (Å²) < 4.78 is 7.13. The highest BCUT2D eigenvalue weighted by Crippen LogP contribution is 2.30. The molecule has 0 aliphatic carbocycles. The van der Waals surface area contributed by atoms with Crippen molar-refractivity contribution in [2.24, 2.45) is 7.05 Å². The van der Waals surface area contributed by atoms with Crippen LogP contribution < -0.4 is 10.6 Å². The van der Waals surface area contributed by atoms with Crippen molar-refractivity contribution in [3.05, 3.63) is 30.6 Å². The number of nitrogens with zero attached hydrogens (tertiary/aromatic N) is 5. The zero-order valence-corrected chi connectivity index (χ0v) is 12.9. The molecule has 3 heterocycles. The molecule has 0 radical (unpaired) electrons. The molecule has 0 bridgehead atoms. The van der Waals surface area contributed by atoms with E-state index in [9.17, 15) is 0 Å². The molecule has 7 heteroatoms. The Kier molecular flexibility index (Phi) is 3.34. The number of fused-ring (bicyclic) bond motifs is 1. The third-order valence-electron chi connectivity index (χ3n) is 4.17. The van der Waals surface area contributed by atoms with E-state index in [-0.39, 0.29) is 0 Å². The molecule has 1 aliphatic heterocycles. The zero-order valence-electron chi connectivity index (χ0n) is 12.9. The molecule has 118 valence electrons. The van der Waals surface area contributed by atoms with E-state index in [0.717, 1.165) is 48.6 Å². The van der Waals surface area contributed by atoms with Gasteiger partial charge in [-0.2, -0.15) is 5.10 Å². The van der Waals surface area contributed by atoms with Crippen LogP contribution in [0.15, 0.2) is 30.6 Å². The van der Waals surface area contributed by atoms with Gasteiger partial charge in [0.1, 0.15) is 17.8 Å². The lowest BCUT2D eigenvalue weighted by molar-refractivity contribution is 0.122. The van der Waals surface area contributed by atoms with Crippen LogP contribution in [-0.2, 0) is 11.8 Å². The molecule has 7 nitrogen and oxygen atoms in total. The van der Waals surface area contributed by atoms with Crippen LogP contribution >= 0.6 is 0 Å². The molecule has 4 rings (SSSR count). The molecule has 0 saturated carbocycles. The number of anilines is 2. The summed E-state index contributed by atoms with van der Waals surface area (Å²) in [5.74, 6) is 0.454. The van der Waals surface area contributed by atoms with Gasteiger partial charge in [-0.05, 0) is 12.1 Å². The predicted molar refractivity (Wildman–Crippen MR) is 89.2 cm³/mol. The van der Waals surface area contributed by atoms with Gasteiger partial charge >= 0.3 is 0 Å². The summed E-state index contributed by atoms with van der Waals surface area (Å²) in [4.78, 5) is 10.7. The second kappa shape index (κ2) is 5.51. The molecule has 3 aromatic rings. The van der Waals surface area contributed by atoms with E-state index in [1.807, 2.05) is 7.05 Å². The van der Waals surface area contributed by atoms with Gasteiger partial charge in [0.05, 0.1) is 18.6 Å². The van der Waals surface area contributed by atoms with E-state index in [1.54, 1.807) is 4.68 Å². The van der Waals surface area contributed by atoms with Crippen molar-refractivity contribution in [2.45, 2.75) is 0 Å². The van der Waals surface area contributed by atoms with Gasteiger partial charge in [-0.1, -0.05) is 12.1 Å². The van der Waals surface area contributed by atoms with Gasteiger partial charge in [-0.25, -0.2) is 14.6 Å². The summed E-state index contributed by atoms with van der Waals surface area (Å²) in [6.45, 7) is 3.40. The second-order valence-electron chi connectivity index (χ2n) is 5.58. The number of aryl methyl sites for hydroxylation is 1. The Morgan fingerprint density at radius 1 is 1.09 bits per heavy atom. The van der Waals surface area contributed by atoms with E-state index >= 15 is 0 Å². The summed E-state index contributed by atoms with van der Waals surface area (Å²) in [6, 6.07) is 8.36. The lowest BCUT2D eigenvalue weighted by atomic mass is 10.1. The number of nitrogen functional groups attached to an aromatic ring is 1. The Labute approximate surface area is 133 Å². The Morgan fingerprint density at radius 2 is 1.83 bits per heavy atom. The highest BCUT2D eigenvalue weighted by atomic mass is 16.5. The molecule has 0 spiro atoms. The van der Waals surface area contributed by atoms with Crippen LogP contribution in [0.1, 0.15) is 0 Å². The van der Waals surface area contributed by atoms with Crippen molar-refractivity contribution in [3.8, 4) is 11.3 Å². The minimum atomic E-state index is 0.454. The molecule has 1 aromatic carbocycles. The van der Waals surface area contributed by atoms with E-state index in [1.165, 1.54) is 12.0 Å². The lowest BCUT2D eigenvalue weighted by Crippen LogP contribution is -2.36. The minimum Gasteiger partial charge on any atom is -0.383 e. The molecular formula is C16H18N6O. The van der Waals surface area contributed by atoms with E-state index < -0.39 is 0 Å². The van der Waals surface area contributed by atoms with Gasteiger partial charge in [-0.3, -0.25) is 0 Å². The summed E-state index contributed by atoms with van der Waals surface area (Å²) in [7, 11) is 1.86. The SMILES string of the molecule is Cn1nc(-c2ccc(N3CCOCC3)cc2)c2c(N)ncnc21. The highest BCUT2D eigenvalue weighted by Gasteiger charge is 2.16. The van der Waals surface area contributed by atoms with Gasteiger partial charge in [0.25, 0.3) is 0 Å². The topological polar surface area (TPSA) is 82.1 Å². The number of aromatic nitrogens is 4. The highest BCUT2D eigenvalue weighted by molar-refractivity contribution is 5.98. The molecule has 2 aromatic heterocycles. The fraction of sp³-hybridized carbons (Fsp3) is 0.312. The van der Waals surface area contributed by atoms with Crippen molar-refractivity contribution in [1.82, 2.24) is 19.7 Å². The number of ether oxygens (including phenoxy) is 1. The first-order chi connectivity index (χ1) is 11.2. The van der Waals surface area contributed by atoms with Crippen LogP contribution in [-0.4, -0.2) is 46.1 Å². The van der Waals surface area contributed by atoms with Crippen LogP contribution in [0.3, 0.4) is 0 Å². The van der Waals surface area contributed by atoms with E-state index in [2.05, 4.69) is 44.2 Å². The van der Waals surface area contributed by atoms with Crippen LogP contribution in [0.4, 0.5) is 11.5 Å². The average Bonchev–Trinajstić information content (AvgIpc) is 2.94. The van der Waals surface area contributed by atoms with E-state index in [0.29, 0.717) is 5.82 Å². The predicted octanol–water partition coefficient (Wildman–Crippen LogP) is 1.45. The second-order valence-corrected chi connectivity index (χ2v) is 5.58. The third-order valence-corrected chi connectivity index (χ3v) is 4.17. The van der Waals surface area contributed by atoms with Gasteiger partial charge < -0.3 is 15.4 Å². The first-order valence-electron chi connectivity index (χ1n) is 7.60. The van der Waals surface area contributed by atoms with Gasteiger partial charge in [-0.15, -0.1) is 0 Å². The minimum absolute atomic E-state index is 0.454. The van der Waals surface area contributed by atoms with Crippen LogP contribution in [0.2, 0.25) is 0 Å². The van der Waals surface area contributed by atoms with E-state index in [4.69, 9.17) is 10.5 Å². The molecule has 2 N–H and O–H groups in total. The largest absolute Gasteiger partial charge is 0.383 e. The fourth-order valence-electron chi connectivity index (χ4n) is 2.96. The summed E-state index contributed by atoms with van der Waals surface area (Å²) in [5, 5.41) is 5.36. The van der Waals surface area contributed by atoms with Crippen molar-refractivity contribution in [3.63, 3.8) is 0 Å². The number of hydrogen-bond donors (Lipinski definition) is 1. The average molecular weight is 310 g/mol. The molecule has 1 fully saturated rings. The maximum Gasteiger partial charge on any atom is 0.163 e. The molecule has 0 unspecified atom stereocenters. The molecule has 1 aliphatic rings. The Balaban J connectivity index is 1.74. The normalized spacial score (nSPS) is 15.3. The number of rotatable bonds is 2. The van der Waals surface area contributed by atoms with Crippen LogP contribution in [0, 0.1) is 0 Å². The number of hydrogen-bond acceptors (Lipinski definition) is 6. The quantitative estimate of drug-likeness (QED) is 0.771. The standard InChI is InChI=1S/C16H18N6O/c1-21-16-13(15(17)18-10-19-16)14(20-21)11-2-4-12(5-3-11)22-6-8-23-9-7-22/h2-5,10H,6-9H2,1H3,(H2,17,18,19). The van der Waals surface area contributed by atoms with Crippen molar-refractivity contribution in [1.29, 1.82) is 0 Å². The van der Waals surface area contributed by atoms with Crippen LogP contribution in [0.5, 0.6) is 0 Å². The summed E-state index contributed by atoms with van der Waals surface area (Å²) in [5.41, 5.74) is 9.79. The monoisotopic (exact) mass is 310 g/mol. The van der Waals surface area contributed by atoms with Gasteiger partial charge in [0.2, 0.25) is 0 Å². The molecule has 0 atom stereocenters. The Hall–Kier alpha value is -2.67. The summed E-state index contributed by atoms with van der Waals surface area (Å²) in [6.07, 6.45) is 1.46. The molecule has 0 amide bonds. The molecule has 1 saturated heterocycles. The fourth-order valence-corrected chi connectivity index (χ4v) is 2.96. The summed E-state index contributed by atoms with van der Waals surface area (Å²) >= 11 is 0. The number of benzene rings is 1. The van der Waals surface area contributed by atoms with Crippen molar-refractivity contribution >= 4 is 22.5 Å². The van der Waals surface area contributed by atoms with Gasteiger partial charge in [0, 0.05) is 31.4 Å². The van der Waals surface area contributed by atoms with Crippen LogP contribution in [0.25, 0.3) is 22.3 Å². The first-order valence-corrected chi connectivity index (χ1v) is 7.60. The molecule has 23 heavy (non-hydrogen) atoms. The third kappa shape index (κ3) is 2.39.